The van der Waals surface area contributed by atoms with Crippen molar-refractivity contribution in [2.45, 2.75) is 46.6 Å². The van der Waals surface area contributed by atoms with Gasteiger partial charge in [0.15, 0.2) is 0 Å². The summed E-state index contributed by atoms with van der Waals surface area (Å²) in [5, 5.41) is 9.10. The molecule has 2 aromatic rings. The van der Waals surface area contributed by atoms with Crippen molar-refractivity contribution in [1.29, 1.82) is 0 Å². The van der Waals surface area contributed by atoms with Crippen LogP contribution in [0, 0.1) is 12.3 Å². The van der Waals surface area contributed by atoms with Crippen molar-refractivity contribution < 1.29 is 0 Å². The Morgan fingerprint density at radius 3 is 2.86 bits per heavy atom. The van der Waals surface area contributed by atoms with Crippen molar-refractivity contribution in [2.24, 2.45) is 12.5 Å². The fraction of sp³-hybridized carbons (Fsp3) is 0.625. The predicted molar refractivity (Wildman–Crippen MR) is 87.6 cm³/mol. The zero-order valence-corrected chi connectivity index (χ0v) is 14.3. The number of aromatic nitrogens is 3. The highest BCUT2D eigenvalue weighted by Gasteiger charge is 2.35. The summed E-state index contributed by atoms with van der Waals surface area (Å²) in [7, 11) is 1.98. The fourth-order valence-electron chi connectivity index (χ4n) is 3.17. The number of aryl methyl sites for hydroxylation is 1. The first kappa shape index (κ1) is 14.7. The Labute approximate surface area is 130 Å². The van der Waals surface area contributed by atoms with E-state index in [4.69, 9.17) is 4.98 Å². The Morgan fingerprint density at radius 2 is 2.24 bits per heavy atom. The Kier molecular flexibility index (Phi) is 3.66. The van der Waals surface area contributed by atoms with E-state index in [1.165, 1.54) is 28.2 Å². The van der Waals surface area contributed by atoms with Crippen LogP contribution >= 0.6 is 11.3 Å². The van der Waals surface area contributed by atoms with Crippen molar-refractivity contribution in [1.82, 2.24) is 20.1 Å². The van der Waals surface area contributed by atoms with Crippen LogP contribution in [0.2, 0.25) is 0 Å². The van der Waals surface area contributed by atoms with Gasteiger partial charge in [-0.3, -0.25) is 4.68 Å². The van der Waals surface area contributed by atoms with Crippen LogP contribution in [-0.2, 0) is 13.5 Å². The van der Waals surface area contributed by atoms with Gasteiger partial charge in [0.05, 0.1) is 17.5 Å². The van der Waals surface area contributed by atoms with Crippen molar-refractivity contribution in [3.63, 3.8) is 0 Å². The van der Waals surface area contributed by atoms with Crippen molar-refractivity contribution in [3.05, 3.63) is 22.5 Å². The molecule has 0 fully saturated rings. The van der Waals surface area contributed by atoms with Crippen LogP contribution in [0.3, 0.4) is 0 Å². The van der Waals surface area contributed by atoms with E-state index in [2.05, 4.69) is 38.1 Å². The molecule has 1 N–H and O–H groups in total. The summed E-state index contributed by atoms with van der Waals surface area (Å²) in [5.41, 5.74) is 3.94. The monoisotopic (exact) mass is 304 g/mol. The van der Waals surface area contributed by atoms with Gasteiger partial charge in [-0.1, -0.05) is 20.8 Å². The number of hydrogen-bond acceptors (Lipinski definition) is 4. The number of fused-ring (bicyclic) bond motifs is 1. The van der Waals surface area contributed by atoms with Gasteiger partial charge in [0, 0.05) is 23.7 Å². The molecule has 3 rings (SSSR count). The molecule has 0 aliphatic heterocycles. The number of hydrogen-bond donors (Lipinski definition) is 1. The Hall–Kier alpha value is -1.20. The van der Waals surface area contributed by atoms with E-state index in [0.29, 0.717) is 11.5 Å². The zero-order chi connectivity index (χ0) is 15.2. The first-order valence-electron chi connectivity index (χ1n) is 7.63. The lowest BCUT2D eigenvalue weighted by Gasteiger charge is -2.34. The summed E-state index contributed by atoms with van der Waals surface area (Å²) in [6.45, 7) is 9.96. The molecule has 1 unspecified atom stereocenters. The highest BCUT2D eigenvalue weighted by molar-refractivity contribution is 7.15. The number of nitrogens with one attached hydrogen (secondary N) is 1. The maximum Gasteiger partial charge on any atom is 0.127 e. The van der Waals surface area contributed by atoms with Crippen LogP contribution in [-0.4, -0.2) is 21.3 Å². The van der Waals surface area contributed by atoms with Gasteiger partial charge >= 0.3 is 0 Å². The first-order chi connectivity index (χ1) is 9.91. The van der Waals surface area contributed by atoms with Crippen LogP contribution in [0.4, 0.5) is 0 Å². The van der Waals surface area contributed by atoms with Gasteiger partial charge in [-0.05, 0) is 31.7 Å². The molecule has 0 radical (unpaired) electrons. The maximum atomic E-state index is 4.95. The third-order valence-corrected chi connectivity index (χ3v) is 5.61. The molecule has 21 heavy (non-hydrogen) atoms. The minimum atomic E-state index is 0.315. The van der Waals surface area contributed by atoms with Crippen molar-refractivity contribution >= 4 is 11.3 Å². The Bertz CT molecular complexity index is 653. The minimum absolute atomic E-state index is 0.315. The second-order valence-corrected chi connectivity index (χ2v) is 7.78. The van der Waals surface area contributed by atoms with Gasteiger partial charge in [0.1, 0.15) is 5.01 Å². The fourth-order valence-corrected chi connectivity index (χ4v) is 4.39. The third kappa shape index (κ3) is 2.64. The van der Waals surface area contributed by atoms with Crippen LogP contribution in [0.15, 0.2) is 6.20 Å². The molecule has 4 nitrogen and oxygen atoms in total. The molecule has 1 atom stereocenters. The molecule has 5 heteroatoms. The number of rotatable bonds is 3. The summed E-state index contributed by atoms with van der Waals surface area (Å²) in [4.78, 5) is 6.37. The number of nitrogens with zero attached hydrogens (tertiary/aromatic N) is 3. The molecule has 114 valence electrons. The molecule has 2 aromatic heterocycles. The molecule has 1 aliphatic rings. The highest BCUT2D eigenvalue weighted by atomic mass is 32.1. The van der Waals surface area contributed by atoms with Crippen LogP contribution in [0.5, 0.6) is 0 Å². The second-order valence-electron chi connectivity index (χ2n) is 6.75. The molecule has 0 amide bonds. The lowest BCUT2D eigenvalue weighted by molar-refractivity contribution is 0.260. The van der Waals surface area contributed by atoms with Crippen LogP contribution < -0.4 is 5.32 Å². The summed E-state index contributed by atoms with van der Waals surface area (Å²) in [6.07, 6.45) is 4.19. The van der Waals surface area contributed by atoms with E-state index < -0.39 is 0 Å². The minimum Gasteiger partial charge on any atom is -0.309 e. The quantitative estimate of drug-likeness (QED) is 0.944. The van der Waals surface area contributed by atoms with E-state index in [9.17, 15) is 0 Å². The topological polar surface area (TPSA) is 42.7 Å². The SMILES string of the molecule is CCNC1CC(C)(C)Cc2nc(-c3cnn(C)c3C)sc21. The smallest absolute Gasteiger partial charge is 0.127 e. The summed E-state index contributed by atoms with van der Waals surface area (Å²) in [5.74, 6) is 0. The second kappa shape index (κ2) is 5.21. The van der Waals surface area contributed by atoms with E-state index in [1.807, 2.05) is 29.3 Å². The van der Waals surface area contributed by atoms with Gasteiger partial charge in [0.2, 0.25) is 0 Å². The van der Waals surface area contributed by atoms with Gasteiger partial charge in [-0.25, -0.2) is 4.98 Å². The van der Waals surface area contributed by atoms with Gasteiger partial charge < -0.3 is 5.32 Å². The Morgan fingerprint density at radius 1 is 1.48 bits per heavy atom. The van der Waals surface area contributed by atoms with E-state index in [0.717, 1.165) is 18.0 Å². The molecule has 0 spiro atoms. The molecule has 1 aliphatic carbocycles. The summed E-state index contributed by atoms with van der Waals surface area (Å²) >= 11 is 1.84. The summed E-state index contributed by atoms with van der Waals surface area (Å²) in [6, 6.07) is 0.442. The van der Waals surface area contributed by atoms with Crippen molar-refractivity contribution in [2.75, 3.05) is 6.54 Å². The Balaban J connectivity index is 2.03. The molecular weight excluding hydrogens is 280 g/mol. The van der Waals surface area contributed by atoms with Crippen molar-refractivity contribution in [3.8, 4) is 10.6 Å². The molecule has 0 saturated carbocycles. The van der Waals surface area contributed by atoms with Gasteiger partial charge in [-0.15, -0.1) is 11.3 Å². The standard InChI is InChI=1S/C16H24N4S/c1-6-17-12-7-16(3,4)8-13-14(12)21-15(19-13)11-9-18-20(5)10(11)2/h9,12,17H,6-8H2,1-5H3. The molecule has 2 heterocycles. The normalized spacial score (nSPS) is 20.5. The summed E-state index contributed by atoms with van der Waals surface area (Å²) < 4.78 is 1.92. The average Bonchev–Trinajstić information content (AvgIpc) is 2.94. The number of thiazole rings is 1. The lowest BCUT2D eigenvalue weighted by Crippen LogP contribution is -2.32. The van der Waals surface area contributed by atoms with Gasteiger partial charge in [-0.2, -0.15) is 5.10 Å². The lowest BCUT2D eigenvalue weighted by atomic mass is 9.76. The van der Waals surface area contributed by atoms with Gasteiger partial charge in [0.25, 0.3) is 0 Å². The molecule has 0 saturated heterocycles. The zero-order valence-electron chi connectivity index (χ0n) is 13.5. The largest absolute Gasteiger partial charge is 0.309 e. The molecule has 0 aromatic carbocycles. The van der Waals surface area contributed by atoms with E-state index >= 15 is 0 Å². The maximum absolute atomic E-state index is 4.95. The van der Waals surface area contributed by atoms with E-state index in [-0.39, 0.29) is 0 Å². The highest BCUT2D eigenvalue weighted by Crippen LogP contribution is 2.45. The molecular formula is C16H24N4S. The first-order valence-corrected chi connectivity index (χ1v) is 8.45. The molecule has 0 bridgehead atoms. The average molecular weight is 304 g/mol. The van der Waals surface area contributed by atoms with Crippen LogP contribution in [0.25, 0.3) is 10.6 Å². The predicted octanol–water partition coefficient (Wildman–Crippen LogP) is 3.48. The van der Waals surface area contributed by atoms with Crippen LogP contribution in [0.1, 0.15) is 49.5 Å². The third-order valence-electron chi connectivity index (χ3n) is 4.36. The van der Waals surface area contributed by atoms with E-state index in [1.54, 1.807) is 0 Å².